The van der Waals surface area contributed by atoms with E-state index in [1.54, 1.807) is 43.3 Å². The number of carbonyl (C=O) groups is 1. The summed E-state index contributed by atoms with van der Waals surface area (Å²) >= 11 is 2.09. The van der Waals surface area contributed by atoms with E-state index < -0.39 is 16.0 Å². The molecule has 0 aliphatic carbocycles. The molecule has 0 saturated carbocycles. The van der Waals surface area contributed by atoms with E-state index in [-0.39, 0.29) is 17.9 Å². The van der Waals surface area contributed by atoms with E-state index in [9.17, 15) is 13.2 Å². The van der Waals surface area contributed by atoms with Crippen molar-refractivity contribution in [2.75, 3.05) is 6.61 Å². The van der Waals surface area contributed by atoms with Crippen LogP contribution in [-0.2, 0) is 20.5 Å². The van der Waals surface area contributed by atoms with Crippen molar-refractivity contribution in [3.8, 4) is 0 Å². The molecule has 0 spiro atoms. The molecule has 0 bridgehead atoms. The van der Waals surface area contributed by atoms with E-state index in [1.165, 1.54) is 10.2 Å². The molecule has 0 aliphatic heterocycles. The monoisotopic (exact) mass is 469 g/mol. The third kappa shape index (κ3) is 3.57. The smallest absolute Gasteiger partial charge is 0.340 e. The van der Waals surface area contributed by atoms with Crippen LogP contribution in [0.15, 0.2) is 54.7 Å². The van der Waals surface area contributed by atoms with E-state index >= 15 is 0 Å². The number of nitrogens with zero attached hydrogens (tertiary/aromatic N) is 1. The van der Waals surface area contributed by atoms with E-state index in [0.29, 0.717) is 16.5 Å². The summed E-state index contributed by atoms with van der Waals surface area (Å²) in [6.07, 6.45) is 1.36. The molecule has 0 radical (unpaired) electrons. The highest BCUT2D eigenvalue weighted by atomic mass is 127. The van der Waals surface area contributed by atoms with Crippen LogP contribution in [0.3, 0.4) is 0 Å². The van der Waals surface area contributed by atoms with Gasteiger partial charge in [0.2, 0.25) is 10.0 Å². The summed E-state index contributed by atoms with van der Waals surface area (Å²) in [5.74, 6) is -0.670. The fourth-order valence-corrected chi connectivity index (χ4v) is 4.91. The molecule has 5 nitrogen and oxygen atoms in total. The Morgan fingerprint density at radius 3 is 2.52 bits per heavy atom. The van der Waals surface area contributed by atoms with Gasteiger partial charge in [-0.1, -0.05) is 36.4 Å². The van der Waals surface area contributed by atoms with Crippen molar-refractivity contribution in [1.82, 2.24) is 3.97 Å². The maximum Gasteiger partial charge on any atom is 0.340 e. The highest BCUT2D eigenvalue weighted by molar-refractivity contribution is 14.1. The summed E-state index contributed by atoms with van der Waals surface area (Å²) in [7, 11) is -3.68. The Morgan fingerprint density at radius 2 is 1.84 bits per heavy atom. The van der Waals surface area contributed by atoms with Gasteiger partial charge in [0.05, 0.1) is 23.4 Å². The molecular weight excluding hydrogens is 453 g/mol. The number of ether oxygens (including phenoxy) is 1. The second-order valence-corrected chi connectivity index (χ2v) is 8.44. The number of aromatic nitrogens is 1. The van der Waals surface area contributed by atoms with Crippen LogP contribution in [0.2, 0.25) is 0 Å². The number of hydrogen-bond donors (Lipinski definition) is 0. The molecular formula is C18H16INO4S. The number of fused-ring (bicyclic) bond motifs is 1. The molecule has 130 valence electrons. The van der Waals surface area contributed by atoms with Crippen LogP contribution < -0.4 is 0 Å². The van der Waals surface area contributed by atoms with Gasteiger partial charge in [-0.05, 0) is 47.2 Å². The standard InChI is InChI=1S/C18H16INO4S/c1-2-24-18(21)14-11-20(16-10-6-9-15(19)17(14)16)25(22,23)12-13-7-4-3-5-8-13/h3-11H,2,12H2,1H3. The lowest BCUT2D eigenvalue weighted by atomic mass is 10.2. The normalized spacial score (nSPS) is 11.6. The van der Waals surface area contributed by atoms with Crippen molar-refractivity contribution in [2.45, 2.75) is 12.7 Å². The molecule has 0 saturated heterocycles. The average molecular weight is 469 g/mol. The SMILES string of the molecule is CCOC(=O)c1cn(S(=O)(=O)Cc2ccccc2)c2cccc(I)c12. The van der Waals surface area contributed by atoms with Gasteiger partial charge in [0.1, 0.15) is 0 Å². The first-order valence-corrected chi connectivity index (χ1v) is 10.4. The Morgan fingerprint density at radius 1 is 1.12 bits per heavy atom. The molecule has 3 aromatic rings. The molecule has 0 fully saturated rings. The highest BCUT2D eigenvalue weighted by Gasteiger charge is 2.24. The molecule has 0 N–H and O–H groups in total. The van der Waals surface area contributed by atoms with Crippen molar-refractivity contribution < 1.29 is 17.9 Å². The number of halogens is 1. The summed E-state index contributed by atoms with van der Waals surface area (Å²) in [4.78, 5) is 12.3. The Bertz CT molecular complexity index is 1030. The van der Waals surface area contributed by atoms with Crippen molar-refractivity contribution in [3.05, 3.63) is 69.4 Å². The molecule has 7 heteroatoms. The highest BCUT2D eigenvalue weighted by Crippen LogP contribution is 2.29. The lowest BCUT2D eigenvalue weighted by molar-refractivity contribution is 0.0528. The molecule has 0 atom stereocenters. The first-order chi connectivity index (χ1) is 11.9. The van der Waals surface area contributed by atoms with E-state index in [4.69, 9.17) is 4.74 Å². The third-order valence-corrected chi connectivity index (χ3v) is 6.23. The van der Waals surface area contributed by atoms with Crippen LogP contribution in [0.5, 0.6) is 0 Å². The molecule has 0 amide bonds. The summed E-state index contributed by atoms with van der Waals surface area (Å²) in [5.41, 5.74) is 1.43. The van der Waals surface area contributed by atoms with Gasteiger partial charge in [0.25, 0.3) is 0 Å². The molecule has 1 aromatic heterocycles. The van der Waals surface area contributed by atoms with Crippen LogP contribution in [0.1, 0.15) is 22.8 Å². The predicted molar refractivity (Wildman–Crippen MR) is 105 cm³/mol. The van der Waals surface area contributed by atoms with Crippen LogP contribution in [-0.4, -0.2) is 25.0 Å². The maximum absolute atomic E-state index is 12.9. The van der Waals surface area contributed by atoms with Crippen molar-refractivity contribution in [1.29, 1.82) is 0 Å². The van der Waals surface area contributed by atoms with Crippen molar-refractivity contribution in [3.63, 3.8) is 0 Å². The minimum absolute atomic E-state index is 0.147. The van der Waals surface area contributed by atoms with Gasteiger partial charge in [0, 0.05) is 15.2 Å². The first-order valence-electron chi connectivity index (χ1n) is 7.68. The van der Waals surface area contributed by atoms with Gasteiger partial charge in [-0.2, -0.15) is 0 Å². The van der Waals surface area contributed by atoms with Crippen LogP contribution in [0, 0.1) is 3.57 Å². The van der Waals surface area contributed by atoms with E-state index in [2.05, 4.69) is 22.6 Å². The van der Waals surface area contributed by atoms with Crippen molar-refractivity contribution in [2.24, 2.45) is 0 Å². The molecule has 1 heterocycles. The zero-order valence-electron chi connectivity index (χ0n) is 13.5. The predicted octanol–water partition coefficient (Wildman–Crippen LogP) is 3.80. The topological polar surface area (TPSA) is 65.4 Å². The van der Waals surface area contributed by atoms with E-state index in [0.717, 1.165) is 3.57 Å². The fourth-order valence-electron chi connectivity index (χ4n) is 2.66. The summed E-state index contributed by atoms with van der Waals surface area (Å²) < 4.78 is 32.9. The number of carbonyl (C=O) groups excluding carboxylic acids is 1. The van der Waals surface area contributed by atoms with E-state index in [1.807, 2.05) is 12.1 Å². The second kappa shape index (κ2) is 7.17. The minimum Gasteiger partial charge on any atom is -0.462 e. The largest absolute Gasteiger partial charge is 0.462 e. The number of rotatable bonds is 5. The first kappa shape index (κ1) is 17.9. The van der Waals surface area contributed by atoms with Crippen LogP contribution in [0.25, 0.3) is 10.9 Å². The zero-order valence-corrected chi connectivity index (χ0v) is 16.5. The molecule has 0 unspecified atom stereocenters. The molecule has 3 rings (SSSR count). The van der Waals surface area contributed by atoms with Gasteiger partial charge < -0.3 is 4.74 Å². The quantitative estimate of drug-likeness (QED) is 0.421. The fraction of sp³-hybridized carbons (Fsp3) is 0.167. The van der Waals surface area contributed by atoms with Gasteiger partial charge in [-0.25, -0.2) is 17.2 Å². The molecule has 0 aliphatic rings. The minimum atomic E-state index is -3.68. The zero-order chi connectivity index (χ0) is 18.0. The van der Waals surface area contributed by atoms with Crippen molar-refractivity contribution >= 4 is 49.5 Å². The lowest BCUT2D eigenvalue weighted by Crippen LogP contribution is -2.14. The van der Waals surface area contributed by atoms with Gasteiger partial charge in [-0.3, -0.25) is 0 Å². The number of esters is 1. The Balaban J connectivity index is 2.16. The number of benzene rings is 2. The average Bonchev–Trinajstić information content (AvgIpc) is 2.98. The van der Waals surface area contributed by atoms with Gasteiger partial charge in [-0.15, -0.1) is 0 Å². The molecule has 2 aromatic carbocycles. The van der Waals surface area contributed by atoms with Gasteiger partial charge in [0.15, 0.2) is 0 Å². The second-order valence-electron chi connectivity index (χ2n) is 5.43. The Kier molecular flexibility index (Phi) is 5.14. The third-order valence-electron chi connectivity index (χ3n) is 3.73. The summed E-state index contributed by atoms with van der Waals surface area (Å²) in [6, 6.07) is 14.3. The Labute approximate surface area is 159 Å². The molecule has 25 heavy (non-hydrogen) atoms. The maximum atomic E-state index is 12.9. The van der Waals surface area contributed by atoms with Crippen LogP contribution in [0.4, 0.5) is 0 Å². The van der Waals surface area contributed by atoms with Crippen LogP contribution >= 0.6 is 22.6 Å². The van der Waals surface area contributed by atoms with Gasteiger partial charge >= 0.3 is 5.97 Å². The number of hydrogen-bond acceptors (Lipinski definition) is 4. The Hall–Kier alpha value is -1.87. The summed E-state index contributed by atoms with van der Waals surface area (Å²) in [5, 5.41) is 0.596. The summed E-state index contributed by atoms with van der Waals surface area (Å²) in [6.45, 7) is 1.94. The lowest BCUT2D eigenvalue weighted by Gasteiger charge is -2.07.